The molecule has 7 rings (SSSR count). The second-order valence-electron chi connectivity index (χ2n) is 11.8. The lowest BCUT2D eigenvalue weighted by Gasteiger charge is -2.29. The van der Waals surface area contributed by atoms with Crippen molar-refractivity contribution in [3.8, 4) is 28.5 Å². The number of pyridine rings is 2. The highest BCUT2D eigenvalue weighted by atomic mass is 35.5. The quantitative estimate of drug-likeness (QED) is 0.288. The lowest BCUT2D eigenvalue weighted by Crippen LogP contribution is -2.45. The van der Waals surface area contributed by atoms with Gasteiger partial charge in [-0.2, -0.15) is 15.5 Å². The van der Waals surface area contributed by atoms with E-state index in [0.717, 1.165) is 59.7 Å². The Labute approximate surface area is 252 Å². The van der Waals surface area contributed by atoms with Crippen LogP contribution in [0.2, 0.25) is 5.02 Å². The van der Waals surface area contributed by atoms with Gasteiger partial charge in [0.1, 0.15) is 17.7 Å². The van der Waals surface area contributed by atoms with E-state index in [4.69, 9.17) is 16.6 Å². The molecule has 2 aliphatic rings. The Bertz CT molecular complexity index is 1890. The largest absolute Gasteiger partial charge is 0.356 e. The first kappa shape index (κ1) is 27.1. The summed E-state index contributed by atoms with van der Waals surface area (Å²) >= 11 is 6.13. The number of anilines is 1. The summed E-state index contributed by atoms with van der Waals surface area (Å²) < 4.78 is 17.8. The summed E-state index contributed by atoms with van der Waals surface area (Å²) in [4.78, 5) is 20.0. The van der Waals surface area contributed by atoms with Crippen molar-refractivity contribution < 1.29 is 9.18 Å². The van der Waals surface area contributed by atoms with Crippen molar-refractivity contribution in [2.75, 3.05) is 18.0 Å². The van der Waals surface area contributed by atoms with Gasteiger partial charge in [-0.1, -0.05) is 17.7 Å². The van der Waals surface area contributed by atoms with E-state index in [1.807, 2.05) is 56.8 Å². The molecule has 1 saturated carbocycles. The number of halogens is 2. The third kappa shape index (κ3) is 4.79. The van der Waals surface area contributed by atoms with E-state index in [1.54, 1.807) is 15.4 Å². The maximum atomic E-state index is 14.3. The molecule has 5 heterocycles. The van der Waals surface area contributed by atoms with Gasteiger partial charge in [0.15, 0.2) is 0 Å². The van der Waals surface area contributed by atoms with Gasteiger partial charge in [0.2, 0.25) is 0 Å². The van der Waals surface area contributed by atoms with Crippen LogP contribution in [0.1, 0.15) is 35.7 Å². The summed E-state index contributed by atoms with van der Waals surface area (Å²) in [7, 11) is 1.87. The van der Waals surface area contributed by atoms with Crippen molar-refractivity contribution in [1.29, 1.82) is 5.26 Å². The summed E-state index contributed by atoms with van der Waals surface area (Å²) in [6, 6.07) is 14.5. The summed E-state index contributed by atoms with van der Waals surface area (Å²) in [6.07, 6.45) is 8.78. The maximum absolute atomic E-state index is 14.3. The van der Waals surface area contributed by atoms with Gasteiger partial charge in [-0.05, 0) is 68.0 Å². The first-order valence-corrected chi connectivity index (χ1v) is 14.5. The topological polar surface area (TPSA) is 104 Å². The molecule has 216 valence electrons. The standard InChI is InChI=1S/C32H28ClFN8O/c1-32(38-31(43)29-25(33)4-3-5-26(29)34)11-21-16-41(17-22(21)12-32)28-7-6-19(14-36-28)24-10-20(27-8-9-40(2)39-27)18-42-30(24)23(13-35)15-37-42/h3-10,14-15,18,21-22H,11-12,16-17H2,1-2H3,(H,38,43)/t21-,22+,32?. The number of amides is 1. The molecule has 1 unspecified atom stereocenters. The average Bonchev–Trinajstić information content (AvgIpc) is 3.75. The van der Waals surface area contributed by atoms with Crippen LogP contribution in [0.5, 0.6) is 0 Å². The number of fused-ring (bicyclic) bond motifs is 2. The second-order valence-corrected chi connectivity index (χ2v) is 12.2. The predicted octanol–water partition coefficient (Wildman–Crippen LogP) is 5.50. The fourth-order valence-corrected chi connectivity index (χ4v) is 7.10. The molecule has 2 fully saturated rings. The lowest BCUT2D eigenvalue weighted by atomic mass is 9.97. The summed E-state index contributed by atoms with van der Waals surface area (Å²) in [6.45, 7) is 3.67. The summed E-state index contributed by atoms with van der Waals surface area (Å²) in [5.41, 5.74) is 4.12. The van der Waals surface area contributed by atoms with Gasteiger partial charge in [0.25, 0.3) is 5.91 Å². The Morgan fingerprint density at radius 2 is 1.93 bits per heavy atom. The molecular formula is C32H28ClFN8O. The minimum atomic E-state index is -0.617. The van der Waals surface area contributed by atoms with Gasteiger partial charge < -0.3 is 10.2 Å². The molecule has 43 heavy (non-hydrogen) atoms. The van der Waals surface area contributed by atoms with E-state index in [0.29, 0.717) is 17.4 Å². The number of carbonyl (C=O) groups is 1. The van der Waals surface area contributed by atoms with Crippen LogP contribution in [-0.2, 0) is 7.05 Å². The zero-order chi connectivity index (χ0) is 29.9. The number of rotatable bonds is 5. The van der Waals surface area contributed by atoms with Gasteiger partial charge in [0.05, 0.1) is 33.6 Å². The Balaban J connectivity index is 1.09. The third-order valence-electron chi connectivity index (χ3n) is 8.73. The van der Waals surface area contributed by atoms with Crippen molar-refractivity contribution in [3.05, 3.63) is 89.2 Å². The van der Waals surface area contributed by atoms with Crippen LogP contribution in [0, 0.1) is 29.0 Å². The van der Waals surface area contributed by atoms with Gasteiger partial charge in [0, 0.05) is 61.0 Å². The van der Waals surface area contributed by atoms with Gasteiger partial charge in [-0.15, -0.1) is 0 Å². The van der Waals surface area contributed by atoms with Crippen LogP contribution in [0.15, 0.2) is 67.3 Å². The minimum Gasteiger partial charge on any atom is -0.356 e. The molecule has 1 aliphatic carbocycles. The molecule has 1 amide bonds. The number of hydrogen-bond donors (Lipinski definition) is 1. The Hall–Kier alpha value is -4.75. The van der Waals surface area contributed by atoms with Crippen molar-refractivity contribution in [2.24, 2.45) is 18.9 Å². The number of nitriles is 1. The van der Waals surface area contributed by atoms with Crippen LogP contribution in [-0.4, -0.2) is 48.9 Å². The highest BCUT2D eigenvalue weighted by Crippen LogP contribution is 2.45. The molecule has 0 bridgehead atoms. The molecule has 1 saturated heterocycles. The summed E-state index contributed by atoms with van der Waals surface area (Å²) in [5.74, 6) is 0.547. The minimum absolute atomic E-state index is 0.103. The van der Waals surface area contributed by atoms with Crippen molar-refractivity contribution in [3.63, 3.8) is 0 Å². The Morgan fingerprint density at radius 3 is 2.58 bits per heavy atom. The number of nitrogens with zero attached hydrogens (tertiary/aromatic N) is 7. The number of benzene rings is 1. The molecular weight excluding hydrogens is 567 g/mol. The zero-order valence-electron chi connectivity index (χ0n) is 23.6. The van der Waals surface area contributed by atoms with Crippen molar-refractivity contribution in [1.82, 2.24) is 29.7 Å². The normalized spacial score (nSPS) is 21.2. The zero-order valence-corrected chi connectivity index (χ0v) is 24.4. The molecule has 1 aliphatic heterocycles. The van der Waals surface area contributed by atoms with Crippen LogP contribution in [0.25, 0.3) is 27.9 Å². The number of hydrogen-bond acceptors (Lipinski definition) is 6. The molecule has 1 aromatic carbocycles. The second kappa shape index (κ2) is 10.2. The number of nitrogens with one attached hydrogen (secondary N) is 1. The predicted molar refractivity (Wildman–Crippen MR) is 161 cm³/mol. The number of carbonyl (C=O) groups excluding carboxylic acids is 1. The highest BCUT2D eigenvalue weighted by Gasteiger charge is 2.48. The van der Waals surface area contributed by atoms with E-state index in [1.165, 1.54) is 18.2 Å². The number of aryl methyl sites for hydroxylation is 1. The number of aromatic nitrogens is 5. The van der Waals surface area contributed by atoms with E-state index in [9.17, 15) is 14.4 Å². The Kier molecular flexibility index (Phi) is 6.43. The van der Waals surface area contributed by atoms with Gasteiger partial charge in [-0.3, -0.25) is 9.48 Å². The van der Waals surface area contributed by atoms with Crippen LogP contribution >= 0.6 is 11.6 Å². The van der Waals surface area contributed by atoms with E-state index in [2.05, 4.69) is 26.5 Å². The first-order valence-electron chi connectivity index (χ1n) is 14.1. The third-order valence-corrected chi connectivity index (χ3v) is 9.05. The van der Waals surface area contributed by atoms with Gasteiger partial charge >= 0.3 is 0 Å². The van der Waals surface area contributed by atoms with Crippen LogP contribution in [0.3, 0.4) is 0 Å². The Morgan fingerprint density at radius 1 is 1.14 bits per heavy atom. The molecule has 11 heteroatoms. The molecule has 5 aromatic rings. The SMILES string of the molecule is Cn1ccc(-c2cc(-c3ccc(N4C[C@@H]5CC(C)(NC(=O)c6c(F)cccc6Cl)C[C@@H]5C4)nc3)c3c(C#N)cnn3c2)n1. The molecule has 3 atom stereocenters. The molecule has 0 radical (unpaired) electrons. The van der Waals surface area contributed by atoms with Crippen LogP contribution in [0.4, 0.5) is 10.2 Å². The van der Waals surface area contributed by atoms with Crippen LogP contribution < -0.4 is 10.2 Å². The summed E-state index contributed by atoms with van der Waals surface area (Å²) in [5, 5.41) is 21.9. The molecule has 4 aromatic heterocycles. The maximum Gasteiger partial charge on any atom is 0.256 e. The smallest absolute Gasteiger partial charge is 0.256 e. The molecule has 9 nitrogen and oxygen atoms in total. The van der Waals surface area contributed by atoms with E-state index in [-0.39, 0.29) is 10.6 Å². The molecule has 1 N–H and O–H groups in total. The average molecular weight is 595 g/mol. The fraction of sp³-hybridized carbons (Fsp3) is 0.281. The monoisotopic (exact) mass is 594 g/mol. The molecule has 0 spiro atoms. The van der Waals surface area contributed by atoms with Gasteiger partial charge in [-0.25, -0.2) is 13.9 Å². The fourth-order valence-electron chi connectivity index (χ4n) is 6.85. The van der Waals surface area contributed by atoms with E-state index >= 15 is 0 Å². The first-order chi connectivity index (χ1) is 20.7. The van der Waals surface area contributed by atoms with Crippen molar-refractivity contribution >= 4 is 28.8 Å². The lowest BCUT2D eigenvalue weighted by molar-refractivity contribution is 0.0901. The highest BCUT2D eigenvalue weighted by molar-refractivity contribution is 6.33. The van der Waals surface area contributed by atoms with E-state index < -0.39 is 17.3 Å². The van der Waals surface area contributed by atoms with Crippen molar-refractivity contribution in [2.45, 2.75) is 25.3 Å².